The molecule has 6 nitrogen and oxygen atoms in total. The molecule has 0 atom stereocenters. The normalized spacial score (nSPS) is 14.6. The quantitative estimate of drug-likeness (QED) is 0.740. The van der Waals surface area contributed by atoms with Crippen LogP contribution in [0.3, 0.4) is 0 Å². The Morgan fingerprint density at radius 1 is 1.21 bits per heavy atom. The summed E-state index contributed by atoms with van der Waals surface area (Å²) >= 11 is 0. The summed E-state index contributed by atoms with van der Waals surface area (Å²) in [6.07, 6.45) is 8.58. The molecule has 0 saturated heterocycles. The Balaban J connectivity index is 1.53. The van der Waals surface area contributed by atoms with Gasteiger partial charge in [0.05, 0.1) is 11.4 Å². The highest BCUT2D eigenvalue weighted by Gasteiger charge is 2.20. The van der Waals surface area contributed by atoms with Crippen molar-refractivity contribution in [1.82, 2.24) is 29.6 Å². The van der Waals surface area contributed by atoms with Gasteiger partial charge in [-0.3, -0.25) is 14.6 Å². The van der Waals surface area contributed by atoms with Crippen molar-refractivity contribution in [3.05, 3.63) is 59.4 Å². The van der Waals surface area contributed by atoms with Crippen molar-refractivity contribution in [3.8, 4) is 11.4 Å². The summed E-state index contributed by atoms with van der Waals surface area (Å²) < 4.78 is 1.88. The fourth-order valence-electron chi connectivity index (χ4n) is 3.19. The Morgan fingerprint density at radius 2 is 2.04 bits per heavy atom. The first kappa shape index (κ1) is 15.0. The summed E-state index contributed by atoms with van der Waals surface area (Å²) in [7, 11) is 1.97. The summed E-state index contributed by atoms with van der Waals surface area (Å²) in [6.45, 7) is 4.89. The van der Waals surface area contributed by atoms with Crippen molar-refractivity contribution in [2.75, 3.05) is 6.54 Å². The lowest BCUT2D eigenvalue weighted by atomic mass is 10.1. The van der Waals surface area contributed by atoms with Crippen LogP contribution in [0.15, 0.2) is 36.9 Å². The van der Waals surface area contributed by atoms with Crippen LogP contribution in [0.5, 0.6) is 0 Å². The molecular weight excluding hydrogens is 300 g/mol. The molecule has 4 rings (SSSR count). The molecule has 0 amide bonds. The molecular formula is C18H20N6. The molecule has 3 aromatic heterocycles. The Kier molecular flexibility index (Phi) is 3.82. The monoisotopic (exact) mass is 320 g/mol. The van der Waals surface area contributed by atoms with E-state index < -0.39 is 0 Å². The highest BCUT2D eigenvalue weighted by Crippen LogP contribution is 2.22. The Labute approximate surface area is 141 Å². The summed E-state index contributed by atoms with van der Waals surface area (Å²) in [5.74, 6) is 0.785. The van der Waals surface area contributed by atoms with E-state index in [2.05, 4.69) is 33.1 Å². The maximum absolute atomic E-state index is 4.76. The molecule has 0 N–H and O–H groups in total. The third kappa shape index (κ3) is 2.92. The second-order valence-corrected chi connectivity index (χ2v) is 6.28. The minimum absolute atomic E-state index is 0.785. The van der Waals surface area contributed by atoms with Gasteiger partial charge in [0.15, 0.2) is 5.82 Å². The summed E-state index contributed by atoms with van der Waals surface area (Å²) in [6, 6.07) is 3.89. The van der Waals surface area contributed by atoms with Crippen molar-refractivity contribution in [3.63, 3.8) is 0 Å². The minimum atomic E-state index is 0.785. The smallest absolute Gasteiger partial charge is 0.159 e. The van der Waals surface area contributed by atoms with Gasteiger partial charge in [0, 0.05) is 74.6 Å². The van der Waals surface area contributed by atoms with Gasteiger partial charge in [0.25, 0.3) is 0 Å². The first-order valence-electron chi connectivity index (χ1n) is 8.16. The highest BCUT2D eigenvalue weighted by atomic mass is 15.3. The van der Waals surface area contributed by atoms with E-state index in [4.69, 9.17) is 4.98 Å². The van der Waals surface area contributed by atoms with Crippen LogP contribution >= 0.6 is 0 Å². The van der Waals surface area contributed by atoms with Crippen LogP contribution in [0.1, 0.15) is 22.5 Å². The molecule has 0 aromatic carbocycles. The van der Waals surface area contributed by atoms with Crippen LogP contribution in [0.25, 0.3) is 11.4 Å². The molecule has 0 radical (unpaired) electrons. The van der Waals surface area contributed by atoms with Crippen molar-refractivity contribution >= 4 is 0 Å². The van der Waals surface area contributed by atoms with E-state index in [1.165, 1.54) is 11.1 Å². The van der Waals surface area contributed by atoms with Crippen molar-refractivity contribution in [2.24, 2.45) is 7.05 Å². The van der Waals surface area contributed by atoms with Gasteiger partial charge in [0.1, 0.15) is 0 Å². The maximum atomic E-state index is 4.76. The molecule has 0 aliphatic carbocycles. The standard InChI is InChI=1S/C18H20N6/c1-13-16(10-23(2)22-13)12-24-8-5-17-15(11-24)9-20-18(21-17)14-3-6-19-7-4-14/h3-4,6-7,9-10H,5,8,11-12H2,1-2H3. The van der Waals surface area contributed by atoms with E-state index in [-0.39, 0.29) is 0 Å². The van der Waals surface area contributed by atoms with E-state index in [0.717, 1.165) is 48.8 Å². The molecule has 3 aromatic rings. The van der Waals surface area contributed by atoms with Crippen molar-refractivity contribution < 1.29 is 0 Å². The topological polar surface area (TPSA) is 59.7 Å². The number of aryl methyl sites for hydroxylation is 2. The van der Waals surface area contributed by atoms with E-state index in [1.807, 2.05) is 30.1 Å². The number of fused-ring (bicyclic) bond motifs is 1. The van der Waals surface area contributed by atoms with Gasteiger partial charge >= 0.3 is 0 Å². The lowest BCUT2D eigenvalue weighted by molar-refractivity contribution is 0.242. The minimum Gasteiger partial charge on any atom is -0.294 e. The number of hydrogen-bond donors (Lipinski definition) is 0. The van der Waals surface area contributed by atoms with Gasteiger partial charge < -0.3 is 0 Å². The number of rotatable bonds is 3. The molecule has 0 unspecified atom stereocenters. The zero-order valence-electron chi connectivity index (χ0n) is 14.0. The maximum Gasteiger partial charge on any atom is 0.159 e. The third-order valence-corrected chi connectivity index (χ3v) is 4.46. The predicted molar refractivity (Wildman–Crippen MR) is 91.0 cm³/mol. The largest absolute Gasteiger partial charge is 0.294 e. The zero-order chi connectivity index (χ0) is 16.5. The molecule has 0 bridgehead atoms. The van der Waals surface area contributed by atoms with Crippen LogP contribution < -0.4 is 0 Å². The molecule has 122 valence electrons. The average Bonchev–Trinajstić information content (AvgIpc) is 2.92. The first-order chi connectivity index (χ1) is 11.7. The van der Waals surface area contributed by atoms with E-state index >= 15 is 0 Å². The van der Waals surface area contributed by atoms with E-state index in [1.54, 1.807) is 12.4 Å². The van der Waals surface area contributed by atoms with Crippen molar-refractivity contribution in [1.29, 1.82) is 0 Å². The summed E-state index contributed by atoms with van der Waals surface area (Å²) in [4.78, 5) is 15.8. The van der Waals surface area contributed by atoms with Crippen LogP contribution in [0.4, 0.5) is 0 Å². The van der Waals surface area contributed by atoms with Gasteiger partial charge in [-0.1, -0.05) is 0 Å². The molecule has 24 heavy (non-hydrogen) atoms. The SMILES string of the molecule is Cc1nn(C)cc1CN1CCc2nc(-c3ccncc3)ncc2C1. The molecule has 1 aliphatic rings. The van der Waals surface area contributed by atoms with Gasteiger partial charge in [-0.25, -0.2) is 9.97 Å². The van der Waals surface area contributed by atoms with Gasteiger partial charge in [0.2, 0.25) is 0 Å². The number of hydrogen-bond acceptors (Lipinski definition) is 5. The van der Waals surface area contributed by atoms with Gasteiger partial charge in [-0.2, -0.15) is 5.10 Å². The van der Waals surface area contributed by atoms with Gasteiger partial charge in [-0.15, -0.1) is 0 Å². The lowest BCUT2D eigenvalue weighted by Crippen LogP contribution is -2.31. The number of nitrogens with zero attached hydrogens (tertiary/aromatic N) is 6. The molecule has 6 heteroatoms. The van der Waals surface area contributed by atoms with Crippen LogP contribution in [0, 0.1) is 6.92 Å². The molecule has 4 heterocycles. The van der Waals surface area contributed by atoms with Crippen LogP contribution in [0.2, 0.25) is 0 Å². The second kappa shape index (κ2) is 6.13. The molecule has 0 fully saturated rings. The van der Waals surface area contributed by atoms with Crippen LogP contribution in [-0.2, 0) is 26.6 Å². The predicted octanol–water partition coefficient (Wildman–Crippen LogP) is 2.14. The fraction of sp³-hybridized carbons (Fsp3) is 0.333. The van der Waals surface area contributed by atoms with E-state index in [9.17, 15) is 0 Å². The fourth-order valence-corrected chi connectivity index (χ4v) is 3.19. The Hall–Kier alpha value is -2.60. The van der Waals surface area contributed by atoms with Gasteiger partial charge in [-0.05, 0) is 19.1 Å². The summed E-state index contributed by atoms with van der Waals surface area (Å²) in [5, 5.41) is 4.43. The average molecular weight is 320 g/mol. The highest BCUT2D eigenvalue weighted by molar-refractivity contribution is 5.54. The van der Waals surface area contributed by atoms with Crippen molar-refractivity contribution in [2.45, 2.75) is 26.4 Å². The third-order valence-electron chi connectivity index (χ3n) is 4.46. The number of pyridine rings is 1. The first-order valence-corrected chi connectivity index (χ1v) is 8.16. The van der Waals surface area contributed by atoms with Crippen LogP contribution in [-0.4, -0.2) is 36.2 Å². The second-order valence-electron chi connectivity index (χ2n) is 6.28. The molecule has 0 saturated carbocycles. The zero-order valence-corrected chi connectivity index (χ0v) is 14.0. The Bertz CT molecular complexity index is 855. The van der Waals surface area contributed by atoms with E-state index in [0.29, 0.717) is 0 Å². The number of aromatic nitrogens is 5. The summed E-state index contributed by atoms with van der Waals surface area (Å²) in [5.41, 5.74) is 5.79. The molecule has 0 spiro atoms. The molecule has 1 aliphatic heterocycles. The lowest BCUT2D eigenvalue weighted by Gasteiger charge is -2.27. The Morgan fingerprint density at radius 3 is 2.79 bits per heavy atom.